The fraction of sp³-hybridized carbons (Fsp3) is 0.400. The van der Waals surface area contributed by atoms with Crippen LogP contribution in [0.3, 0.4) is 0 Å². The van der Waals surface area contributed by atoms with Crippen molar-refractivity contribution in [3.63, 3.8) is 0 Å². The van der Waals surface area contributed by atoms with Crippen LogP contribution in [-0.4, -0.2) is 6.03 Å². The molecule has 0 aliphatic heterocycles. The van der Waals surface area contributed by atoms with Crippen LogP contribution in [0, 0.1) is 19.8 Å². The molecule has 2 N–H and O–H groups in total. The SMILES string of the molecule is C/C(=C\NC(=O)Nc1c(C)cc(C)cc1Cl)C1CC1. The standard InChI is InChI=1S/C15H19ClN2O/c1-9-6-10(2)14(13(16)7-9)18-15(19)17-8-11(3)12-4-5-12/h6-8,12H,4-5H2,1-3H3,(H2,17,18,19)/b11-8+. The van der Waals surface area contributed by atoms with E-state index in [1.54, 1.807) is 6.20 Å². The second kappa shape index (κ2) is 5.66. The Morgan fingerprint density at radius 2 is 2.05 bits per heavy atom. The lowest BCUT2D eigenvalue weighted by Crippen LogP contribution is -2.25. The van der Waals surface area contributed by atoms with Gasteiger partial charge in [-0.25, -0.2) is 4.79 Å². The summed E-state index contributed by atoms with van der Waals surface area (Å²) in [5.41, 5.74) is 3.94. The van der Waals surface area contributed by atoms with Crippen molar-refractivity contribution in [2.24, 2.45) is 5.92 Å². The highest BCUT2D eigenvalue weighted by Crippen LogP contribution is 2.35. The molecule has 1 aromatic carbocycles. The molecule has 1 aromatic rings. The van der Waals surface area contributed by atoms with Gasteiger partial charge < -0.3 is 10.6 Å². The van der Waals surface area contributed by atoms with E-state index in [1.165, 1.54) is 18.4 Å². The summed E-state index contributed by atoms with van der Waals surface area (Å²) < 4.78 is 0. The zero-order valence-corrected chi connectivity index (χ0v) is 12.3. The number of carbonyl (C=O) groups is 1. The average Bonchev–Trinajstić information content (AvgIpc) is 3.14. The van der Waals surface area contributed by atoms with E-state index < -0.39 is 0 Å². The predicted octanol–water partition coefficient (Wildman–Crippen LogP) is 4.39. The molecule has 0 radical (unpaired) electrons. The number of urea groups is 1. The zero-order valence-electron chi connectivity index (χ0n) is 11.5. The molecule has 2 rings (SSSR count). The van der Waals surface area contributed by atoms with Crippen molar-refractivity contribution in [2.45, 2.75) is 33.6 Å². The molecule has 0 bridgehead atoms. The van der Waals surface area contributed by atoms with Gasteiger partial charge in [-0.05, 0) is 56.7 Å². The number of benzene rings is 1. The molecule has 1 aliphatic carbocycles. The van der Waals surface area contributed by atoms with Crippen LogP contribution in [0.2, 0.25) is 5.02 Å². The Bertz CT molecular complexity index is 510. The highest BCUT2D eigenvalue weighted by Gasteiger charge is 2.22. The van der Waals surface area contributed by atoms with Crippen molar-refractivity contribution in [1.82, 2.24) is 5.32 Å². The maximum Gasteiger partial charge on any atom is 0.323 e. The minimum absolute atomic E-state index is 0.256. The molecule has 0 saturated heterocycles. The summed E-state index contributed by atoms with van der Waals surface area (Å²) in [5, 5.41) is 6.11. The number of hydrogen-bond acceptors (Lipinski definition) is 1. The van der Waals surface area contributed by atoms with Gasteiger partial charge in [-0.15, -0.1) is 0 Å². The van der Waals surface area contributed by atoms with Gasteiger partial charge in [0, 0.05) is 6.20 Å². The molecule has 2 amide bonds. The second-order valence-corrected chi connectivity index (χ2v) is 5.61. The molecule has 4 heteroatoms. The number of halogens is 1. The molecule has 1 aliphatic rings. The largest absolute Gasteiger partial charge is 0.323 e. The van der Waals surface area contributed by atoms with E-state index in [4.69, 9.17) is 11.6 Å². The summed E-state index contributed by atoms with van der Waals surface area (Å²) in [5.74, 6) is 0.657. The van der Waals surface area contributed by atoms with Gasteiger partial charge in [0.25, 0.3) is 0 Å². The van der Waals surface area contributed by atoms with E-state index in [-0.39, 0.29) is 6.03 Å². The van der Waals surface area contributed by atoms with E-state index >= 15 is 0 Å². The van der Waals surface area contributed by atoms with Gasteiger partial charge in [-0.1, -0.05) is 23.2 Å². The lowest BCUT2D eigenvalue weighted by atomic mass is 10.1. The summed E-state index contributed by atoms with van der Waals surface area (Å²) >= 11 is 6.14. The molecular formula is C15H19ClN2O. The predicted molar refractivity (Wildman–Crippen MR) is 79.6 cm³/mol. The van der Waals surface area contributed by atoms with E-state index in [0.717, 1.165) is 11.1 Å². The maximum atomic E-state index is 11.8. The number of allylic oxidation sites excluding steroid dienone is 1. The average molecular weight is 279 g/mol. The summed E-state index contributed by atoms with van der Waals surface area (Å²) in [6.45, 7) is 5.95. The topological polar surface area (TPSA) is 41.1 Å². The first-order valence-electron chi connectivity index (χ1n) is 6.48. The van der Waals surface area contributed by atoms with Crippen LogP contribution in [0.4, 0.5) is 10.5 Å². The fourth-order valence-electron chi connectivity index (χ4n) is 2.06. The number of amides is 2. The number of carbonyl (C=O) groups excluding carboxylic acids is 1. The molecule has 102 valence electrons. The number of nitrogens with one attached hydrogen (secondary N) is 2. The summed E-state index contributed by atoms with van der Waals surface area (Å²) in [6.07, 6.45) is 4.24. The van der Waals surface area contributed by atoms with Gasteiger partial charge in [-0.2, -0.15) is 0 Å². The molecule has 3 nitrogen and oxygen atoms in total. The molecule has 0 atom stereocenters. The maximum absolute atomic E-state index is 11.8. The summed E-state index contributed by atoms with van der Waals surface area (Å²) in [4.78, 5) is 11.8. The van der Waals surface area contributed by atoms with Crippen LogP contribution in [0.1, 0.15) is 30.9 Å². The lowest BCUT2D eigenvalue weighted by molar-refractivity contribution is 0.255. The Balaban J connectivity index is 2.00. The van der Waals surface area contributed by atoms with Crippen LogP contribution < -0.4 is 10.6 Å². The Kier molecular flexibility index (Phi) is 4.15. The van der Waals surface area contributed by atoms with Crippen molar-refractivity contribution < 1.29 is 4.79 Å². The van der Waals surface area contributed by atoms with Gasteiger partial charge in [0.15, 0.2) is 0 Å². The smallest absolute Gasteiger partial charge is 0.314 e. The van der Waals surface area contributed by atoms with E-state index in [2.05, 4.69) is 10.6 Å². The zero-order chi connectivity index (χ0) is 14.0. The quantitative estimate of drug-likeness (QED) is 0.846. The molecule has 0 heterocycles. The first-order chi connectivity index (χ1) is 8.97. The van der Waals surface area contributed by atoms with Crippen LogP contribution >= 0.6 is 11.6 Å². The van der Waals surface area contributed by atoms with Crippen molar-refractivity contribution >= 4 is 23.3 Å². The van der Waals surface area contributed by atoms with Crippen LogP contribution in [0.5, 0.6) is 0 Å². The van der Waals surface area contributed by atoms with Crippen LogP contribution in [0.25, 0.3) is 0 Å². The Labute approximate surface area is 119 Å². The third kappa shape index (κ3) is 3.74. The van der Waals surface area contributed by atoms with Crippen molar-refractivity contribution in [3.8, 4) is 0 Å². The number of rotatable bonds is 3. The second-order valence-electron chi connectivity index (χ2n) is 5.20. The highest BCUT2D eigenvalue weighted by molar-refractivity contribution is 6.34. The van der Waals surface area contributed by atoms with Crippen molar-refractivity contribution in [3.05, 3.63) is 40.1 Å². The van der Waals surface area contributed by atoms with Crippen LogP contribution in [0.15, 0.2) is 23.9 Å². The number of hydrogen-bond donors (Lipinski definition) is 2. The molecular weight excluding hydrogens is 260 g/mol. The fourth-order valence-corrected chi connectivity index (χ4v) is 2.43. The van der Waals surface area contributed by atoms with Crippen LogP contribution in [-0.2, 0) is 0 Å². The van der Waals surface area contributed by atoms with Gasteiger partial charge in [-0.3, -0.25) is 0 Å². The van der Waals surface area contributed by atoms with Crippen molar-refractivity contribution in [1.29, 1.82) is 0 Å². The van der Waals surface area contributed by atoms with Crippen molar-refractivity contribution in [2.75, 3.05) is 5.32 Å². The van der Waals surface area contributed by atoms with Gasteiger partial charge in [0.1, 0.15) is 0 Å². The van der Waals surface area contributed by atoms with E-state index in [1.807, 2.05) is 32.9 Å². The first kappa shape index (κ1) is 13.9. The third-order valence-corrected chi connectivity index (χ3v) is 3.62. The highest BCUT2D eigenvalue weighted by atomic mass is 35.5. The molecule has 0 unspecified atom stereocenters. The minimum atomic E-state index is -0.256. The van der Waals surface area contributed by atoms with Gasteiger partial charge in [0.2, 0.25) is 0 Å². The third-order valence-electron chi connectivity index (χ3n) is 3.32. The Hall–Kier alpha value is -1.48. The Morgan fingerprint density at radius 1 is 1.37 bits per heavy atom. The minimum Gasteiger partial charge on any atom is -0.314 e. The summed E-state index contributed by atoms with van der Waals surface area (Å²) in [6, 6.07) is 3.58. The monoisotopic (exact) mass is 278 g/mol. The lowest BCUT2D eigenvalue weighted by Gasteiger charge is -2.11. The molecule has 1 saturated carbocycles. The number of anilines is 1. The summed E-state index contributed by atoms with van der Waals surface area (Å²) in [7, 11) is 0. The first-order valence-corrected chi connectivity index (χ1v) is 6.86. The number of aryl methyl sites for hydroxylation is 2. The van der Waals surface area contributed by atoms with E-state index in [9.17, 15) is 4.79 Å². The molecule has 0 aromatic heterocycles. The molecule has 19 heavy (non-hydrogen) atoms. The molecule has 1 fully saturated rings. The van der Waals surface area contributed by atoms with Gasteiger partial charge >= 0.3 is 6.03 Å². The van der Waals surface area contributed by atoms with E-state index in [0.29, 0.717) is 16.6 Å². The Morgan fingerprint density at radius 3 is 2.63 bits per heavy atom. The molecule has 0 spiro atoms. The van der Waals surface area contributed by atoms with Gasteiger partial charge in [0.05, 0.1) is 10.7 Å². The normalized spacial score (nSPS) is 15.3.